The van der Waals surface area contributed by atoms with Gasteiger partial charge in [0.15, 0.2) is 0 Å². The molecular weight excluding hydrogens is 192 g/mol. The van der Waals surface area contributed by atoms with E-state index in [-0.39, 0.29) is 5.43 Å². The molecule has 1 aromatic rings. The Morgan fingerprint density at radius 1 is 1.47 bits per heavy atom. The van der Waals surface area contributed by atoms with Gasteiger partial charge in [0.2, 0.25) is 5.43 Å². The number of aryl methyl sites for hydroxylation is 1. The monoisotopic (exact) mass is 210 g/mol. The lowest BCUT2D eigenvalue weighted by Crippen LogP contribution is -2.18. The number of hydrogen-bond acceptors (Lipinski definition) is 3. The van der Waals surface area contributed by atoms with Crippen LogP contribution in [0, 0.1) is 13.8 Å². The van der Waals surface area contributed by atoms with Gasteiger partial charge in [-0.3, -0.25) is 4.79 Å². The highest BCUT2D eigenvalue weighted by molar-refractivity contribution is 5.43. The van der Waals surface area contributed by atoms with Crippen molar-refractivity contribution in [3.8, 4) is 0 Å². The van der Waals surface area contributed by atoms with E-state index in [9.17, 15) is 4.79 Å². The lowest BCUT2D eigenvalue weighted by atomic mass is 10.2. The molecule has 0 unspecified atom stereocenters. The molecule has 0 aliphatic carbocycles. The van der Waals surface area contributed by atoms with Crippen molar-refractivity contribution < 1.29 is 4.74 Å². The molecule has 0 saturated carbocycles. The SMILES string of the molecule is COCCCn1c(C)cc(=O)c(N)c1C. The first-order valence-electron chi connectivity index (χ1n) is 5.03. The number of nitrogens with zero attached hydrogens (tertiary/aromatic N) is 1. The molecule has 15 heavy (non-hydrogen) atoms. The second kappa shape index (κ2) is 4.98. The van der Waals surface area contributed by atoms with Gasteiger partial charge in [0.1, 0.15) is 0 Å². The summed E-state index contributed by atoms with van der Waals surface area (Å²) in [7, 11) is 1.68. The fourth-order valence-corrected chi connectivity index (χ4v) is 1.64. The van der Waals surface area contributed by atoms with Gasteiger partial charge >= 0.3 is 0 Å². The quantitative estimate of drug-likeness (QED) is 0.757. The largest absolute Gasteiger partial charge is 0.394 e. The van der Waals surface area contributed by atoms with Crippen LogP contribution < -0.4 is 11.2 Å². The molecule has 0 saturated heterocycles. The summed E-state index contributed by atoms with van der Waals surface area (Å²) in [6, 6.07) is 1.58. The molecule has 0 radical (unpaired) electrons. The van der Waals surface area contributed by atoms with E-state index in [2.05, 4.69) is 4.57 Å². The van der Waals surface area contributed by atoms with Gasteiger partial charge in [-0.1, -0.05) is 0 Å². The lowest BCUT2D eigenvalue weighted by Gasteiger charge is -2.15. The summed E-state index contributed by atoms with van der Waals surface area (Å²) in [4.78, 5) is 11.4. The van der Waals surface area contributed by atoms with E-state index in [1.54, 1.807) is 13.2 Å². The molecule has 0 aromatic carbocycles. The first kappa shape index (κ1) is 11.8. The van der Waals surface area contributed by atoms with Gasteiger partial charge in [-0.15, -0.1) is 0 Å². The van der Waals surface area contributed by atoms with E-state index in [0.29, 0.717) is 12.3 Å². The third-order valence-electron chi connectivity index (χ3n) is 2.56. The van der Waals surface area contributed by atoms with Crippen molar-refractivity contribution in [1.29, 1.82) is 0 Å². The Morgan fingerprint density at radius 3 is 2.73 bits per heavy atom. The molecule has 0 atom stereocenters. The maximum absolute atomic E-state index is 11.4. The van der Waals surface area contributed by atoms with E-state index >= 15 is 0 Å². The third-order valence-corrected chi connectivity index (χ3v) is 2.56. The zero-order chi connectivity index (χ0) is 11.4. The molecule has 1 rings (SSSR count). The predicted octanol–water partition coefficient (Wildman–Crippen LogP) is 1.08. The minimum absolute atomic E-state index is 0.0898. The summed E-state index contributed by atoms with van der Waals surface area (Å²) in [6.45, 7) is 5.33. The van der Waals surface area contributed by atoms with Gasteiger partial charge in [0.05, 0.1) is 5.69 Å². The molecule has 0 aliphatic rings. The fraction of sp³-hybridized carbons (Fsp3) is 0.545. The average molecular weight is 210 g/mol. The minimum Gasteiger partial charge on any atom is -0.394 e. The Balaban J connectivity index is 2.97. The molecule has 2 N–H and O–H groups in total. The van der Waals surface area contributed by atoms with E-state index in [4.69, 9.17) is 10.5 Å². The summed E-state index contributed by atoms with van der Waals surface area (Å²) in [5, 5.41) is 0. The van der Waals surface area contributed by atoms with Gasteiger partial charge in [0, 0.05) is 37.7 Å². The number of hydrogen-bond donors (Lipinski definition) is 1. The summed E-state index contributed by atoms with van der Waals surface area (Å²) < 4.78 is 7.04. The van der Waals surface area contributed by atoms with Gasteiger partial charge in [-0.25, -0.2) is 0 Å². The Kier molecular flexibility index (Phi) is 3.91. The van der Waals surface area contributed by atoms with Crippen LogP contribution in [0.2, 0.25) is 0 Å². The van der Waals surface area contributed by atoms with Crippen LogP contribution in [-0.4, -0.2) is 18.3 Å². The normalized spacial score (nSPS) is 10.6. The number of aromatic nitrogens is 1. The maximum atomic E-state index is 11.4. The Morgan fingerprint density at radius 2 is 2.13 bits per heavy atom. The molecule has 84 valence electrons. The van der Waals surface area contributed by atoms with Crippen molar-refractivity contribution in [2.24, 2.45) is 0 Å². The number of pyridine rings is 1. The van der Waals surface area contributed by atoms with Crippen LogP contribution in [0.1, 0.15) is 17.8 Å². The Bertz CT molecular complexity index is 396. The number of anilines is 1. The summed E-state index contributed by atoms with van der Waals surface area (Å²) in [6.07, 6.45) is 0.917. The Hall–Kier alpha value is -1.29. The molecule has 0 aliphatic heterocycles. The molecule has 0 spiro atoms. The van der Waals surface area contributed by atoms with Crippen LogP contribution in [0.4, 0.5) is 5.69 Å². The summed E-state index contributed by atoms with van der Waals surface area (Å²) in [5.41, 5.74) is 7.74. The van der Waals surface area contributed by atoms with E-state index in [1.165, 1.54) is 0 Å². The number of nitrogens with two attached hydrogens (primary N) is 1. The number of methoxy groups -OCH3 is 1. The highest BCUT2D eigenvalue weighted by Crippen LogP contribution is 2.09. The van der Waals surface area contributed by atoms with Crippen molar-refractivity contribution in [3.05, 3.63) is 27.7 Å². The van der Waals surface area contributed by atoms with Crippen LogP contribution in [0.15, 0.2) is 10.9 Å². The molecule has 0 amide bonds. The standard InChI is InChI=1S/C11H18N2O2/c1-8-7-10(14)11(12)9(2)13(8)5-4-6-15-3/h7H,4-6,12H2,1-3H3. The van der Waals surface area contributed by atoms with Gasteiger partial charge in [-0.2, -0.15) is 0 Å². The second-order valence-corrected chi connectivity index (χ2v) is 3.65. The van der Waals surface area contributed by atoms with Gasteiger partial charge in [0.25, 0.3) is 0 Å². The molecular formula is C11H18N2O2. The number of ether oxygens (including phenoxy) is 1. The van der Waals surface area contributed by atoms with Gasteiger partial charge < -0.3 is 15.0 Å². The molecule has 1 aromatic heterocycles. The summed E-state index contributed by atoms with van der Waals surface area (Å²) >= 11 is 0. The zero-order valence-corrected chi connectivity index (χ0v) is 9.54. The van der Waals surface area contributed by atoms with Crippen LogP contribution in [0.25, 0.3) is 0 Å². The topological polar surface area (TPSA) is 57.2 Å². The first-order chi connectivity index (χ1) is 7.07. The van der Waals surface area contributed by atoms with Crippen molar-refractivity contribution in [3.63, 3.8) is 0 Å². The average Bonchev–Trinajstić information content (AvgIpc) is 2.20. The third kappa shape index (κ3) is 2.59. The highest BCUT2D eigenvalue weighted by atomic mass is 16.5. The zero-order valence-electron chi connectivity index (χ0n) is 9.54. The minimum atomic E-state index is -0.0898. The molecule has 0 bridgehead atoms. The predicted molar refractivity (Wildman–Crippen MR) is 61.1 cm³/mol. The molecule has 4 nitrogen and oxygen atoms in total. The van der Waals surface area contributed by atoms with Crippen LogP contribution in [-0.2, 0) is 11.3 Å². The smallest absolute Gasteiger partial charge is 0.204 e. The molecule has 1 heterocycles. The molecule has 4 heteroatoms. The lowest BCUT2D eigenvalue weighted by molar-refractivity contribution is 0.190. The maximum Gasteiger partial charge on any atom is 0.204 e. The molecule has 0 fully saturated rings. The van der Waals surface area contributed by atoms with Crippen molar-refractivity contribution in [2.45, 2.75) is 26.8 Å². The van der Waals surface area contributed by atoms with Gasteiger partial charge in [-0.05, 0) is 20.3 Å². The Labute approximate surface area is 89.7 Å². The first-order valence-corrected chi connectivity index (χ1v) is 5.03. The van der Waals surface area contributed by atoms with Crippen LogP contribution in [0.5, 0.6) is 0 Å². The van der Waals surface area contributed by atoms with Crippen molar-refractivity contribution in [1.82, 2.24) is 4.57 Å². The number of nitrogen functional groups attached to an aromatic ring is 1. The van der Waals surface area contributed by atoms with Crippen molar-refractivity contribution in [2.75, 3.05) is 19.5 Å². The van der Waals surface area contributed by atoms with Crippen LogP contribution in [0.3, 0.4) is 0 Å². The summed E-state index contributed by atoms with van der Waals surface area (Å²) in [5.74, 6) is 0. The number of rotatable bonds is 4. The highest BCUT2D eigenvalue weighted by Gasteiger charge is 2.06. The fourth-order valence-electron chi connectivity index (χ4n) is 1.64. The van der Waals surface area contributed by atoms with Crippen LogP contribution >= 0.6 is 0 Å². The van der Waals surface area contributed by atoms with E-state index in [0.717, 1.165) is 24.4 Å². The van der Waals surface area contributed by atoms with Crippen molar-refractivity contribution >= 4 is 5.69 Å². The van der Waals surface area contributed by atoms with E-state index < -0.39 is 0 Å². The second-order valence-electron chi connectivity index (χ2n) is 3.65. The van der Waals surface area contributed by atoms with E-state index in [1.807, 2.05) is 13.8 Å².